The Morgan fingerprint density at radius 3 is 2.96 bits per heavy atom. The Kier molecular flexibility index (Phi) is 5.56. The zero-order valence-electron chi connectivity index (χ0n) is 14.6. The maximum absolute atomic E-state index is 10.9. The van der Waals surface area contributed by atoms with Crippen molar-refractivity contribution in [3.63, 3.8) is 0 Å². The van der Waals surface area contributed by atoms with Gasteiger partial charge in [0.05, 0.1) is 0 Å². The van der Waals surface area contributed by atoms with E-state index in [1.807, 2.05) is 12.1 Å². The zero-order chi connectivity index (χ0) is 17.8. The van der Waals surface area contributed by atoms with E-state index in [0.717, 1.165) is 29.8 Å². The van der Waals surface area contributed by atoms with Gasteiger partial charge in [-0.05, 0) is 61.7 Å². The Balaban J connectivity index is 1.98. The Morgan fingerprint density at radius 1 is 1.36 bits per heavy atom. The molecule has 1 aliphatic heterocycles. The number of benzene rings is 1. The van der Waals surface area contributed by atoms with E-state index in [9.17, 15) is 4.79 Å². The molecule has 0 spiro atoms. The molecule has 25 heavy (non-hydrogen) atoms. The van der Waals surface area contributed by atoms with E-state index >= 15 is 0 Å². The van der Waals surface area contributed by atoms with Crippen molar-refractivity contribution in [2.45, 2.75) is 25.9 Å². The fourth-order valence-electron chi connectivity index (χ4n) is 2.95. The van der Waals surface area contributed by atoms with Crippen LogP contribution in [0.1, 0.15) is 34.4 Å². The quantitative estimate of drug-likeness (QED) is 0.848. The summed E-state index contributed by atoms with van der Waals surface area (Å²) in [5.41, 5.74) is 4.52. The minimum absolute atomic E-state index is 0.142. The van der Waals surface area contributed by atoms with Gasteiger partial charge in [-0.3, -0.25) is 4.79 Å². The molecule has 0 amide bonds. The van der Waals surface area contributed by atoms with Gasteiger partial charge in [0.15, 0.2) is 0 Å². The summed E-state index contributed by atoms with van der Waals surface area (Å²) in [4.78, 5) is 14.3. The molecule has 0 radical (unpaired) electrons. The topological polar surface area (TPSA) is 49.8 Å². The number of hydrogen-bond acceptors (Lipinski definition) is 4. The van der Waals surface area contributed by atoms with E-state index in [-0.39, 0.29) is 6.42 Å². The number of hydrogen-bond donors (Lipinski definition) is 1. The summed E-state index contributed by atoms with van der Waals surface area (Å²) >= 11 is 1.74. The Hall–Kier alpha value is -2.11. The van der Waals surface area contributed by atoms with Crippen LogP contribution in [-0.4, -0.2) is 36.6 Å². The van der Waals surface area contributed by atoms with Gasteiger partial charge in [0, 0.05) is 29.0 Å². The van der Waals surface area contributed by atoms with E-state index in [4.69, 9.17) is 9.84 Å². The number of rotatable bonds is 6. The monoisotopic (exact) mass is 357 g/mol. The standard InChI is InChI=1S/C20H23NO3S/c1-21(2)10-3-4-16-17-12-14(6-8-19(22)23)5-7-18(17)24-13-15-9-11-25-20(15)16/h4-5,7,9,11-12H,3,6,8,10,13H2,1-2H3,(H,22,23)/b16-4+. The predicted molar refractivity (Wildman–Crippen MR) is 101 cm³/mol. The number of aliphatic carboxylic acids is 1. The van der Waals surface area contributed by atoms with Crippen LogP contribution in [-0.2, 0) is 17.8 Å². The average Bonchev–Trinajstić information content (AvgIpc) is 2.98. The van der Waals surface area contributed by atoms with Crippen LogP contribution >= 0.6 is 11.3 Å². The highest BCUT2D eigenvalue weighted by Gasteiger charge is 2.20. The van der Waals surface area contributed by atoms with Gasteiger partial charge in [-0.25, -0.2) is 0 Å². The van der Waals surface area contributed by atoms with Gasteiger partial charge in [0.2, 0.25) is 0 Å². The largest absolute Gasteiger partial charge is 0.488 e. The molecule has 0 fully saturated rings. The number of nitrogens with zero attached hydrogens (tertiary/aromatic N) is 1. The third-order valence-electron chi connectivity index (χ3n) is 4.26. The molecule has 0 saturated heterocycles. The second kappa shape index (κ2) is 7.85. The van der Waals surface area contributed by atoms with Crippen molar-refractivity contribution >= 4 is 22.9 Å². The number of thiophene rings is 1. The maximum atomic E-state index is 10.9. The molecule has 2 heterocycles. The van der Waals surface area contributed by atoms with Crippen LogP contribution in [0.15, 0.2) is 35.7 Å². The van der Waals surface area contributed by atoms with Crippen LogP contribution < -0.4 is 4.74 Å². The van der Waals surface area contributed by atoms with Crippen LogP contribution in [0, 0.1) is 0 Å². The van der Waals surface area contributed by atoms with Gasteiger partial charge in [0.25, 0.3) is 0 Å². The maximum Gasteiger partial charge on any atom is 0.303 e. The van der Waals surface area contributed by atoms with Crippen molar-refractivity contribution in [1.29, 1.82) is 0 Å². The molecule has 2 aromatic rings. The summed E-state index contributed by atoms with van der Waals surface area (Å²) in [7, 11) is 4.15. The van der Waals surface area contributed by atoms with Crippen molar-refractivity contribution in [2.24, 2.45) is 0 Å². The van der Waals surface area contributed by atoms with Gasteiger partial charge in [-0.1, -0.05) is 12.1 Å². The van der Waals surface area contributed by atoms with E-state index < -0.39 is 5.97 Å². The SMILES string of the molecule is CN(C)CC/C=C1\c2cc(CCC(=O)O)ccc2OCc2ccsc21. The molecular formula is C20H23NO3S. The molecule has 0 unspecified atom stereocenters. The lowest BCUT2D eigenvalue weighted by Gasteiger charge is -2.12. The van der Waals surface area contributed by atoms with Crippen molar-refractivity contribution in [3.05, 3.63) is 57.3 Å². The van der Waals surface area contributed by atoms with Gasteiger partial charge >= 0.3 is 5.97 Å². The van der Waals surface area contributed by atoms with Crippen LogP contribution in [0.2, 0.25) is 0 Å². The minimum atomic E-state index is -0.770. The molecule has 5 heteroatoms. The molecule has 3 rings (SSSR count). The normalized spacial score (nSPS) is 14.8. The summed E-state index contributed by atoms with van der Waals surface area (Å²) in [6, 6.07) is 8.16. The molecule has 4 nitrogen and oxygen atoms in total. The lowest BCUT2D eigenvalue weighted by atomic mass is 9.97. The predicted octanol–water partition coefficient (Wildman–Crippen LogP) is 4.04. The highest BCUT2D eigenvalue weighted by atomic mass is 32.1. The van der Waals surface area contributed by atoms with E-state index in [1.54, 1.807) is 11.3 Å². The first kappa shape index (κ1) is 17.7. The smallest absolute Gasteiger partial charge is 0.303 e. The van der Waals surface area contributed by atoms with Crippen LogP contribution in [0.4, 0.5) is 0 Å². The third kappa shape index (κ3) is 4.30. The minimum Gasteiger partial charge on any atom is -0.488 e. The summed E-state index contributed by atoms with van der Waals surface area (Å²) < 4.78 is 6.01. The van der Waals surface area contributed by atoms with Crippen molar-refractivity contribution in [1.82, 2.24) is 4.90 Å². The van der Waals surface area contributed by atoms with Crippen LogP contribution in [0.5, 0.6) is 5.75 Å². The Bertz CT molecular complexity index is 792. The highest BCUT2D eigenvalue weighted by molar-refractivity contribution is 7.11. The molecule has 1 aliphatic rings. The van der Waals surface area contributed by atoms with Gasteiger partial charge in [-0.2, -0.15) is 0 Å². The lowest BCUT2D eigenvalue weighted by molar-refractivity contribution is -0.136. The number of aryl methyl sites for hydroxylation is 1. The fourth-order valence-corrected chi connectivity index (χ4v) is 3.92. The third-order valence-corrected chi connectivity index (χ3v) is 5.25. The van der Waals surface area contributed by atoms with Crippen LogP contribution in [0.3, 0.4) is 0 Å². The molecule has 0 bridgehead atoms. The second-order valence-electron chi connectivity index (χ2n) is 6.50. The van der Waals surface area contributed by atoms with Crippen LogP contribution in [0.25, 0.3) is 5.57 Å². The first-order valence-corrected chi connectivity index (χ1v) is 9.32. The van der Waals surface area contributed by atoms with E-state index in [2.05, 4.69) is 42.6 Å². The van der Waals surface area contributed by atoms with E-state index in [1.165, 1.54) is 16.0 Å². The average molecular weight is 357 g/mol. The molecule has 0 aliphatic carbocycles. The number of carboxylic acids is 1. The molecule has 1 aromatic carbocycles. The molecule has 0 atom stereocenters. The first-order valence-electron chi connectivity index (χ1n) is 8.44. The summed E-state index contributed by atoms with van der Waals surface area (Å²) in [5.74, 6) is 0.104. The summed E-state index contributed by atoms with van der Waals surface area (Å²) in [6.45, 7) is 1.56. The summed E-state index contributed by atoms with van der Waals surface area (Å²) in [5, 5.41) is 11.0. The van der Waals surface area contributed by atoms with E-state index in [0.29, 0.717) is 13.0 Å². The molecule has 1 aromatic heterocycles. The first-order chi connectivity index (χ1) is 12.0. The number of carboxylic acid groups (broad SMARTS) is 1. The van der Waals surface area contributed by atoms with Crippen molar-refractivity contribution in [2.75, 3.05) is 20.6 Å². The second-order valence-corrected chi connectivity index (χ2v) is 7.41. The number of ether oxygens (including phenoxy) is 1. The molecule has 132 valence electrons. The number of fused-ring (bicyclic) bond motifs is 2. The van der Waals surface area contributed by atoms with Gasteiger partial charge < -0.3 is 14.7 Å². The molecule has 1 N–H and O–H groups in total. The highest BCUT2D eigenvalue weighted by Crippen LogP contribution is 2.40. The zero-order valence-corrected chi connectivity index (χ0v) is 15.4. The molecule has 0 saturated carbocycles. The Labute approximate surface area is 152 Å². The van der Waals surface area contributed by atoms with Gasteiger partial charge in [0.1, 0.15) is 12.4 Å². The fraction of sp³-hybridized carbons (Fsp3) is 0.350. The Morgan fingerprint density at radius 2 is 2.20 bits per heavy atom. The number of carbonyl (C=O) groups is 1. The van der Waals surface area contributed by atoms with Gasteiger partial charge in [-0.15, -0.1) is 11.3 Å². The van der Waals surface area contributed by atoms with Crippen molar-refractivity contribution in [3.8, 4) is 5.75 Å². The molecular weight excluding hydrogens is 334 g/mol. The van der Waals surface area contributed by atoms with Crippen molar-refractivity contribution < 1.29 is 14.6 Å². The summed E-state index contributed by atoms with van der Waals surface area (Å²) in [6.07, 6.45) is 3.91. The lowest BCUT2D eigenvalue weighted by Crippen LogP contribution is -2.12.